The quantitative estimate of drug-likeness (QED) is 0.473. The Labute approximate surface area is 165 Å². The van der Waals surface area contributed by atoms with E-state index in [1.54, 1.807) is 0 Å². The second-order valence-corrected chi connectivity index (χ2v) is 7.09. The molecule has 2 aliphatic heterocycles. The van der Waals surface area contributed by atoms with Crippen LogP contribution in [0.25, 0.3) is 11.2 Å². The third kappa shape index (κ3) is 3.43. The first kappa shape index (κ1) is 19.7. The van der Waals surface area contributed by atoms with Crippen LogP contribution in [0.1, 0.15) is 26.0 Å². The molecule has 0 aliphatic carbocycles. The van der Waals surface area contributed by atoms with Crippen molar-refractivity contribution in [2.75, 3.05) is 25.2 Å². The smallest absolute Gasteiger partial charge is 0.226 e. The SMILES string of the molecule is CCO[C@H]1CCCN1Nc1nc(Cl)nc2c1ncn2[C@@H]1O[C@H](CO)[C@@H](O)[C@H]1O. The molecule has 0 spiro atoms. The van der Waals surface area contributed by atoms with Crippen LogP contribution < -0.4 is 5.43 Å². The molecule has 4 N–H and O–H groups in total. The Kier molecular flexibility index (Phi) is 5.65. The summed E-state index contributed by atoms with van der Waals surface area (Å²) in [6.07, 6.45) is -1.08. The maximum atomic E-state index is 10.3. The molecule has 0 radical (unpaired) electrons. The van der Waals surface area contributed by atoms with Gasteiger partial charge in [-0.3, -0.25) is 9.99 Å². The zero-order valence-electron chi connectivity index (χ0n) is 15.3. The van der Waals surface area contributed by atoms with Crippen LogP contribution in [0.2, 0.25) is 5.28 Å². The number of nitrogens with one attached hydrogen (secondary N) is 1. The second kappa shape index (κ2) is 8.03. The topological polar surface area (TPSA) is 138 Å². The number of ether oxygens (including phenoxy) is 2. The van der Waals surface area contributed by atoms with E-state index in [2.05, 4.69) is 20.4 Å². The van der Waals surface area contributed by atoms with Crippen molar-refractivity contribution in [1.29, 1.82) is 0 Å². The average molecular weight is 415 g/mol. The first-order valence-corrected chi connectivity index (χ1v) is 9.58. The molecule has 0 saturated carbocycles. The standard InChI is InChI=1S/C16H23ClN6O5/c1-2-27-9-4-3-5-23(9)21-13-10-14(20-16(17)19-13)22(7-18-10)15-12(26)11(25)8(6-24)28-15/h7-9,11-12,15,24-26H,2-6H2,1H3,(H,19,20,21)/t8-,9+,11-,12-,15-/m1/s1. The normalized spacial score (nSPS) is 31.1. The second-order valence-electron chi connectivity index (χ2n) is 6.75. The van der Waals surface area contributed by atoms with Crippen molar-refractivity contribution in [3.63, 3.8) is 0 Å². The zero-order valence-corrected chi connectivity index (χ0v) is 16.0. The third-order valence-corrected chi connectivity index (χ3v) is 5.16. The number of fused-ring (bicyclic) bond motifs is 1. The van der Waals surface area contributed by atoms with Crippen molar-refractivity contribution >= 4 is 28.6 Å². The highest BCUT2D eigenvalue weighted by Crippen LogP contribution is 2.33. The van der Waals surface area contributed by atoms with Gasteiger partial charge in [0.05, 0.1) is 12.9 Å². The average Bonchev–Trinajstić information content (AvgIpc) is 3.35. The Hall–Kier alpha value is -1.60. The third-order valence-electron chi connectivity index (χ3n) is 4.99. The van der Waals surface area contributed by atoms with Crippen molar-refractivity contribution in [3.8, 4) is 0 Å². The minimum absolute atomic E-state index is 0.00403. The van der Waals surface area contributed by atoms with Crippen molar-refractivity contribution in [3.05, 3.63) is 11.6 Å². The number of hydrogen-bond donors (Lipinski definition) is 4. The summed E-state index contributed by atoms with van der Waals surface area (Å²) < 4.78 is 12.8. The summed E-state index contributed by atoms with van der Waals surface area (Å²) in [5.74, 6) is 0.409. The lowest BCUT2D eigenvalue weighted by Gasteiger charge is -2.25. The highest BCUT2D eigenvalue weighted by molar-refractivity contribution is 6.28. The summed E-state index contributed by atoms with van der Waals surface area (Å²) in [5, 5.41) is 31.6. The van der Waals surface area contributed by atoms with Crippen LogP contribution in [0.15, 0.2) is 6.33 Å². The lowest BCUT2D eigenvalue weighted by atomic mass is 10.1. The van der Waals surface area contributed by atoms with Crippen molar-refractivity contribution in [1.82, 2.24) is 24.5 Å². The van der Waals surface area contributed by atoms with Gasteiger partial charge >= 0.3 is 0 Å². The van der Waals surface area contributed by atoms with Gasteiger partial charge in [0.15, 0.2) is 23.2 Å². The number of hydrazine groups is 1. The zero-order chi connectivity index (χ0) is 19.8. The number of rotatable bonds is 6. The largest absolute Gasteiger partial charge is 0.394 e. The highest BCUT2D eigenvalue weighted by atomic mass is 35.5. The van der Waals surface area contributed by atoms with Gasteiger partial charge in [-0.2, -0.15) is 15.0 Å². The van der Waals surface area contributed by atoms with E-state index in [4.69, 9.17) is 21.1 Å². The van der Waals surface area contributed by atoms with E-state index < -0.39 is 31.1 Å². The summed E-state index contributed by atoms with van der Waals surface area (Å²) >= 11 is 6.12. The molecule has 0 bridgehead atoms. The Balaban J connectivity index is 1.66. The van der Waals surface area contributed by atoms with Crippen LogP contribution in [0.3, 0.4) is 0 Å². The summed E-state index contributed by atoms with van der Waals surface area (Å²) in [4.78, 5) is 12.8. The van der Waals surface area contributed by atoms with Gasteiger partial charge in [0.1, 0.15) is 24.5 Å². The van der Waals surface area contributed by atoms with E-state index in [1.807, 2.05) is 11.9 Å². The molecule has 2 fully saturated rings. The molecule has 4 heterocycles. The Morgan fingerprint density at radius 2 is 2.18 bits per heavy atom. The van der Waals surface area contributed by atoms with Gasteiger partial charge in [-0.05, 0) is 31.4 Å². The lowest BCUT2D eigenvalue weighted by molar-refractivity contribution is -0.0511. The number of imidazole rings is 1. The van der Waals surface area contributed by atoms with E-state index in [1.165, 1.54) is 10.9 Å². The summed E-state index contributed by atoms with van der Waals surface area (Å²) in [6.45, 7) is 2.91. The van der Waals surface area contributed by atoms with Crippen LogP contribution in [0, 0.1) is 0 Å². The molecule has 28 heavy (non-hydrogen) atoms. The predicted octanol–water partition coefficient (Wildman–Crippen LogP) is -0.124. The summed E-state index contributed by atoms with van der Waals surface area (Å²) in [5.41, 5.74) is 3.98. The molecule has 0 amide bonds. The fourth-order valence-corrected chi connectivity index (χ4v) is 3.79. The van der Waals surface area contributed by atoms with Crippen molar-refractivity contribution in [2.24, 2.45) is 0 Å². The van der Waals surface area contributed by atoms with Crippen molar-refractivity contribution < 1.29 is 24.8 Å². The van der Waals surface area contributed by atoms with Gasteiger partial charge in [0, 0.05) is 13.2 Å². The first-order chi connectivity index (χ1) is 13.5. The highest BCUT2D eigenvalue weighted by Gasteiger charge is 2.44. The minimum atomic E-state index is -1.25. The summed E-state index contributed by atoms with van der Waals surface area (Å²) in [7, 11) is 0. The van der Waals surface area contributed by atoms with E-state index in [9.17, 15) is 15.3 Å². The number of anilines is 1. The predicted molar refractivity (Wildman–Crippen MR) is 98.3 cm³/mol. The molecule has 2 aliphatic rings. The van der Waals surface area contributed by atoms with Crippen LogP contribution in [0.5, 0.6) is 0 Å². The fourth-order valence-electron chi connectivity index (χ4n) is 3.63. The molecule has 4 rings (SSSR count). The number of hydrogen-bond acceptors (Lipinski definition) is 10. The van der Waals surface area contributed by atoms with Gasteiger partial charge in [-0.1, -0.05) is 0 Å². The minimum Gasteiger partial charge on any atom is -0.394 e. The fraction of sp³-hybridized carbons (Fsp3) is 0.688. The molecule has 0 unspecified atom stereocenters. The van der Waals surface area contributed by atoms with Gasteiger partial charge in [0.25, 0.3) is 0 Å². The van der Waals surface area contributed by atoms with E-state index in [-0.39, 0.29) is 11.5 Å². The molecule has 154 valence electrons. The van der Waals surface area contributed by atoms with E-state index in [0.717, 1.165) is 19.4 Å². The molecular formula is C16H23ClN6O5. The van der Waals surface area contributed by atoms with Gasteiger partial charge in [-0.15, -0.1) is 0 Å². The first-order valence-electron chi connectivity index (χ1n) is 9.21. The monoisotopic (exact) mass is 414 g/mol. The molecule has 0 aromatic carbocycles. The van der Waals surface area contributed by atoms with Gasteiger partial charge < -0.3 is 24.8 Å². The van der Waals surface area contributed by atoms with E-state index >= 15 is 0 Å². The molecule has 2 aromatic rings. The molecule has 2 saturated heterocycles. The number of halogens is 1. The Morgan fingerprint density at radius 3 is 2.89 bits per heavy atom. The number of nitrogens with zero attached hydrogens (tertiary/aromatic N) is 5. The molecular weight excluding hydrogens is 392 g/mol. The number of aromatic nitrogens is 4. The number of aliphatic hydroxyl groups is 3. The summed E-state index contributed by atoms with van der Waals surface area (Å²) in [6, 6.07) is 0. The maximum Gasteiger partial charge on any atom is 0.226 e. The molecule has 11 nitrogen and oxygen atoms in total. The Morgan fingerprint density at radius 1 is 1.36 bits per heavy atom. The van der Waals surface area contributed by atoms with Crippen molar-refractivity contribution in [2.45, 2.75) is 50.5 Å². The van der Waals surface area contributed by atoms with Crippen LogP contribution >= 0.6 is 11.6 Å². The number of aliphatic hydroxyl groups excluding tert-OH is 3. The molecule has 5 atom stereocenters. The van der Waals surface area contributed by atoms with Gasteiger partial charge in [0.2, 0.25) is 5.28 Å². The van der Waals surface area contributed by atoms with Crippen LogP contribution in [-0.4, -0.2) is 84.1 Å². The van der Waals surface area contributed by atoms with Crippen LogP contribution in [-0.2, 0) is 9.47 Å². The van der Waals surface area contributed by atoms with E-state index in [0.29, 0.717) is 23.6 Å². The Bertz CT molecular complexity index is 837. The maximum absolute atomic E-state index is 10.3. The molecule has 2 aromatic heterocycles. The van der Waals surface area contributed by atoms with Gasteiger partial charge in [-0.25, -0.2) is 4.98 Å². The van der Waals surface area contributed by atoms with Crippen LogP contribution in [0.4, 0.5) is 5.82 Å². The lowest BCUT2D eigenvalue weighted by Crippen LogP contribution is -2.37. The molecule has 12 heteroatoms.